The predicted molar refractivity (Wildman–Crippen MR) is 258 cm³/mol. The molecular formula is C58H38N4. The molecule has 62 heavy (non-hydrogen) atoms. The molecule has 0 fully saturated rings. The maximum atomic E-state index is 5.68. The van der Waals surface area contributed by atoms with Crippen molar-refractivity contribution in [3.05, 3.63) is 231 Å². The Morgan fingerprint density at radius 2 is 0.613 bits per heavy atom. The van der Waals surface area contributed by atoms with E-state index < -0.39 is 0 Å². The molecule has 3 aromatic heterocycles. The average Bonchev–Trinajstić information content (AvgIpc) is 3.87. The highest BCUT2D eigenvalue weighted by Crippen LogP contribution is 2.46. The molecule has 4 heteroatoms. The van der Waals surface area contributed by atoms with Crippen LogP contribution in [-0.2, 0) is 0 Å². The Morgan fingerprint density at radius 1 is 0.258 bits per heavy atom. The van der Waals surface area contributed by atoms with Crippen molar-refractivity contribution in [2.75, 3.05) is 0 Å². The van der Waals surface area contributed by atoms with Gasteiger partial charge in [-0.1, -0.05) is 194 Å². The molecule has 0 unspecified atom stereocenters. The van der Waals surface area contributed by atoms with Crippen LogP contribution in [-0.4, -0.2) is 19.1 Å². The predicted octanol–water partition coefficient (Wildman–Crippen LogP) is 15.0. The van der Waals surface area contributed by atoms with Crippen molar-refractivity contribution in [1.82, 2.24) is 19.1 Å². The number of para-hydroxylation sites is 6. The van der Waals surface area contributed by atoms with E-state index in [2.05, 4.69) is 234 Å². The van der Waals surface area contributed by atoms with Crippen LogP contribution in [0.4, 0.5) is 0 Å². The average molecular weight is 791 g/mol. The molecule has 0 saturated heterocycles. The standard InChI is InChI=1S/C58H38N4/c1-3-19-39(20-4-1)40-35-37-41(38-36-40)56-55(47-27-11-17-33-53(47)61-49-29-13-7-23-43(49)44-24-8-14-30-50(44)61)57(60-58(59-56)42-21-5-2-6-22-42)48-28-12-18-34-54(48)62-51-31-15-9-25-45(51)46-26-10-16-32-52(46)62/h1-38H. The molecule has 0 radical (unpaired) electrons. The molecule has 0 bridgehead atoms. The smallest absolute Gasteiger partial charge is 0.160 e. The van der Waals surface area contributed by atoms with E-state index in [1.165, 1.54) is 27.1 Å². The third kappa shape index (κ3) is 5.76. The lowest BCUT2D eigenvalue weighted by atomic mass is 9.91. The summed E-state index contributed by atoms with van der Waals surface area (Å²) >= 11 is 0. The molecule has 0 aliphatic carbocycles. The fourth-order valence-electron chi connectivity index (χ4n) is 9.40. The monoisotopic (exact) mass is 790 g/mol. The molecule has 0 N–H and O–H groups in total. The minimum Gasteiger partial charge on any atom is -0.309 e. The van der Waals surface area contributed by atoms with Crippen LogP contribution < -0.4 is 0 Å². The number of benzene rings is 9. The van der Waals surface area contributed by atoms with Gasteiger partial charge in [-0.25, -0.2) is 9.97 Å². The molecule has 12 rings (SSSR count). The summed E-state index contributed by atoms with van der Waals surface area (Å²) < 4.78 is 4.82. The van der Waals surface area contributed by atoms with Crippen LogP contribution in [0.5, 0.6) is 0 Å². The van der Waals surface area contributed by atoms with Crippen molar-refractivity contribution in [3.63, 3.8) is 0 Å². The van der Waals surface area contributed by atoms with Crippen LogP contribution in [0.15, 0.2) is 231 Å². The van der Waals surface area contributed by atoms with Crippen molar-refractivity contribution < 1.29 is 0 Å². The van der Waals surface area contributed by atoms with E-state index in [-0.39, 0.29) is 0 Å². The van der Waals surface area contributed by atoms with Gasteiger partial charge in [0.15, 0.2) is 5.82 Å². The Balaban J connectivity index is 1.22. The highest BCUT2D eigenvalue weighted by Gasteiger charge is 2.26. The van der Waals surface area contributed by atoms with Crippen molar-refractivity contribution in [2.24, 2.45) is 0 Å². The van der Waals surface area contributed by atoms with Gasteiger partial charge in [-0.15, -0.1) is 0 Å². The number of hydrogen-bond acceptors (Lipinski definition) is 2. The molecule has 290 valence electrons. The summed E-state index contributed by atoms with van der Waals surface area (Å²) in [6.07, 6.45) is 0. The summed E-state index contributed by atoms with van der Waals surface area (Å²) in [6, 6.07) is 82.1. The Hall–Kier alpha value is -8.34. The van der Waals surface area contributed by atoms with Crippen molar-refractivity contribution >= 4 is 43.6 Å². The summed E-state index contributed by atoms with van der Waals surface area (Å²) in [7, 11) is 0. The van der Waals surface area contributed by atoms with Crippen LogP contribution in [0, 0.1) is 0 Å². The lowest BCUT2D eigenvalue weighted by Crippen LogP contribution is -2.06. The van der Waals surface area contributed by atoms with Gasteiger partial charge in [0.25, 0.3) is 0 Å². The van der Waals surface area contributed by atoms with Gasteiger partial charge in [0.2, 0.25) is 0 Å². The maximum absolute atomic E-state index is 5.68. The third-order valence-electron chi connectivity index (χ3n) is 12.2. The van der Waals surface area contributed by atoms with E-state index in [1.54, 1.807) is 0 Å². The minimum atomic E-state index is 0.665. The summed E-state index contributed by atoms with van der Waals surface area (Å²) in [4.78, 5) is 11.3. The van der Waals surface area contributed by atoms with Gasteiger partial charge in [0.1, 0.15) is 0 Å². The zero-order valence-corrected chi connectivity index (χ0v) is 33.7. The van der Waals surface area contributed by atoms with E-state index >= 15 is 0 Å². The second-order valence-electron chi connectivity index (χ2n) is 15.7. The van der Waals surface area contributed by atoms with Gasteiger partial charge in [-0.3, -0.25) is 0 Å². The van der Waals surface area contributed by atoms with Crippen LogP contribution in [0.3, 0.4) is 0 Å². The van der Waals surface area contributed by atoms with Gasteiger partial charge in [0, 0.05) is 49.4 Å². The maximum Gasteiger partial charge on any atom is 0.160 e. The molecule has 9 aromatic carbocycles. The number of rotatable bonds is 7. The summed E-state index contributed by atoms with van der Waals surface area (Å²) in [5, 5.41) is 4.84. The summed E-state index contributed by atoms with van der Waals surface area (Å²) in [5.74, 6) is 0.665. The quantitative estimate of drug-likeness (QED) is 0.161. The van der Waals surface area contributed by atoms with E-state index in [0.29, 0.717) is 5.82 Å². The van der Waals surface area contributed by atoms with E-state index in [9.17, 15) is 0 Å². The molecule has 0 spiro atoms. The second-order valence-corrected chi connectivity index (χ2v) is 15.7. The molecule has 3 heterocycles. The summed E-state index contributed by atoms with van der Waals surface area (Å²) in [6.45, 7) is 0. The molecule has 0 aliphatic rings. The summed E-state index contributed by atoms with van der Waals surface area (Å²) in [5.41, 5.74) is 15.7. The van der Waals surface area contributed by atoms with Crippen LogP contribution in [0.1, 0.15) is 0 Å². The Bertz CT molecular complexity index is 3510. The van der Waals surface area contributed by atoms with E-state index in [4.69, 9.17) is 9.97 Å². The Labute approximate surface area is 359 Å². The fourth-order valence-corrected chi connectivity index (χ4v) is 9.40. The normalized spacial score (nSPS) is 11.5. The molecule has 12 aromatic rings. The largest absolute Gasteiger partial charge is 0.309 e. The molecule has 0 saturated carbocycles. The number of aromatic nitrogens is 4. The minimum absolute atomic E-state index is 0.665. The van der Waals surface area contributed by atoms with E-state index in [0.717, 1.165) is 78.2 Å². The van der Waals surface area contributed by atoms with Crippen molar-refractivity contribution in [1.29, 1.82) is 0 Å². The molecule has 0 aliphatic heterocycles. The zero-order valence-electron chi connectivity index (χ0n) is 33.7. The lowest BCUT2D eigenvalue weighted by molar-refractivity contribution is 1.14. The SMILES string of the molecule is c1ccc(-c2ccc(-c3nc(-c4ccccc4)nc(-c4ccccc4-n4c5ccccc5c5ccccc54)c3-c3ccccc3-n3c4ccccc4c4ccccc43)cc2)cc1. The molecular weight excluding hydrogens is 753 g/mol. The van der Waals surface area contributed by atoms with Gasteiger partial charge < -0.3 is 9.13 Å². The zero-order chi connectivity index (χ0) is 41.0. The van der Waals surface area contributed by atoms with Crippen LogP contribution in [0.25, 0.3) is 111 Å². The van der Waals surface area contributed by atoms with Crippen LogP contribution in [0.2, 0.25) is 0 Å². The highest BCUT2D eigenvalue weighted by atomic mass is 15.0. The number of nitrogens with zero attached hydrogens (tertiary/aromatic N) is 4. The van der Waals surface area contributed by atoms with Gasteiger partial charge in [-0.05, 0) is 47.5 Å². The third-order valence-corrected chi connectivity index (χ3v) is 12.2. The Kier molecular flexibility index (Phi) is 8.46. The van der Waals surface area contributed by atoms with Crippen molar-refractivity contribution in [3.8, 4) is 67.5 Å². The highest BCUT2D eigenvalue weighted by molar-refractivity contribution is 6.11. The van der Waals surface area contributed by atoms with Crippen molar-refractivity contribution in [2.45, 2.75) is 0 Å². The topological polar surface area (TPSA) is 35.6 Å². The van der Waals surface area contributed by atoms with Gasteiger partial charge in [0.05, 0.1) is 44.8 Å². The number of fused-ring (bicyclic) bond motifs is 6. The first-order chi connectivity index (χ1) is 30.8. The molecule has 4 nitrogen and oxygen atoms in total. The molecule has 0 amide bonds. The second kappa shape index (κ2) is 14.7. The first-order valence-electron chi connectivity index (χ1n) is 21.1. The number of hydrogen-bond donors (Lipinski definition) is 0. The van der Waals surface area contributed by atoms with Gasteiger partial charge >= 0.3 is 0 Å². The first-order valence-corrected chi connectivity index (χ1v) is 21.1. The van der Waals surface area contributed by atoms with Crippen LogP contribution >= 0.6 is 0 Å². The van der Waals surface area contributed by atoms with Gasteiger partial charge in [-0.2, -0.15) is 0 Å². The molecule has 0 atom stereocenters. The lowest BCUT2D eigenvalue weighted by Gasteiger charge is -2.22. The van der Waals surface area contributed by atoms with E-state index in [1.807, 2.05) is 6.07 Å². The fraction of sp³-hybridized carbons (Fsp3) is 0. The Morgan fingerprint density at radius 3 is 1.13 bits per heavy atom. The first kappa shape index (κ1) is 35.6.